The maximum atomic E-state index is 4.76. The summed E-state index contributed by atoms with van der Waals surface area (Å²) < 4.78 is 4.76. The van der Waals surface area contributed by atoms with Crippen molar-refractivity contribution in [2.45, 2.75) is 13.3 Å². The van der Waals surface area contributed by atoms with Crippen molar-refractivity contribution in [1.29, 1.82) is 0 Å². The molecular formula is C6H13NO. The van der Waals surface area contributed by atoms with Crippen LogP contribution in [0, 0.1) is 0 Å². The van der Waals surface area contributed by atoms with E-state index in [0.29, 0.717) is 0 Å². The summed E-state index contributed by atoms with van der Waals surface area (Å²) in [6.07, 6.45) is 2.70. The second-order valence-electron chi connectivity index (χ2n) is 1.48. The van der Waals surface area contributed by atoms with Crippen molar-refractivity contribution in [2.75, 3.05) is 14.2 Å². The summed E-state index contributed by atoms with van der Waals surface area (Å²) in [6.45, 7) is 2.07. The fourth-order valence-corrected chi connectivity index (χ4v) is 0.461. The molecule has 0 saturated heterocycles. The zero-order chi connectivity index (χ0) is 6.41. The maximum Gasteiger partial charge on any atom is 0.101 e. The minimum absolute atomic E-state index is 0.990. The zero-order valence-electron chi connectivity index (χ0n) is 5.69. The van der Waals surface area contributed by atoms with E-state index in [9.17, 15) is 0 Å². The van der Waals surface area contributed by atoms with Gasteiger partial charge in [-0.15, -0.1) is 0 Å². The fraction of sp³-hybridized carbons (Fsp3) is 0.667. The Balaban J connectivity index is 3.49. The predicted molar refractivity (Wildman–Crippen MR) is 34.4 cm³/mol. The molecule has 0 rings (SSSR count). The van der Waals surface area contributed by atoms with Gasteiger partial charge in [0.15, 0.2) is 0 Å². The number of methoxy groups -OCH3 is 1. The van der Waals surface area contributed by atoms with Crippen LogP contribution in [-0.4, -0.2) is 14.2 Å². The van der Waals surface area contributed by atoms with E-state index in [1.54, 1.807) is 13.4 Å². The Morgan fingerprint density at radius 2 is 2.38 bits per heavy atom. The molecule has 0 unspecified atom stereocenters. The van der Waals surface area contributed by atoms with Crippen LogP contribution in [0.1, 0.15) is 13.3 Å². The van der Waals surface area contributed by atoms with Crippen LogP contribution in [0.5, 0.6) is 0 Å². The van der Waals surface area contributed by atoms with E-state index in [1.807, 2.05) is 7.05 Å². The van der Waals surface area contributed by atoms with Crippen LogP contribution in [0.2, 0.25) is 0 Å². The van der Waals surface area contributed by atoms with E-state index in [2.05, 4.69) is 12.2 Å². The number of allylic oxidation sites excluding steroid dienone is 1. The largest absolute Gasteiger partial charge is 0.503 e. The maximum absolute atomic E-state index is 4.76. The molecule has 0 fully saturated rings. The van der Waals surface area contributed by atoms with Gasteiger partial charge in [-0.3, -0.25) is 0 Å². The molecule has 0 aliphatic carbocycles. The lowest BCUT2D eigenvalue weighted by Crippen LogP contribution is -2.04. The number of nitrogens with one attached hydrogen (secondary N) is 1. The van der Waals surface area contributed by atoms with E-state index >= 15 is 0 Å². The number of ether oxygens (including phenoxy) is 1. The van der Waals surface area contributed by atoms with Crippen LogP contribution >= 0.6 is 0 Å². The molecule has 1 N–H and O–H groups in total. The van der Waals surface area contributed by atoms with Crippen LogP contribution in [0.25, 0.3) is 0 Å². The van der Waals surface area contributed by atoms with Gasteiger partial charge < -0.3 is 10.1 Å². The molecule has 0 radical (unpaired) electrons. The quantitative estimate of drug-likeness (QED) is 0.556. The van der Waals surface area contributed by atoms with Gasteiger partial charge in [0, 0.05) is 12.7 Å². The van der Waals surface area contributed by atoms with Crippen molar-refractivity contribution in [3.05, 3.63) is 12.0 Å². The standard InChI is InChI=1S/C6H13NO/c1-4-6(7-2)5-8-3/h5,7H,4H2,1-3H3/b6-5-. The lowest BCUT2D eigenvalue weighted by Gasteiger charge is -1.99. The molecule has 0 saturated carbocycles. The minimum atomic E-state index is 0.990. The Hall–Kier alpha value is -0.660. The summed E-state index contributed by atoms with van der Waals surface area (Å²) in [5.74, 6) is 0. The molecule has 0 aliphatic heterocycles. The highest BCUT2D eigenvalue weighted by Gasteiger charge is 1.84. The molecule has 2 nitrogen and oxygen atoms in total. The van der Waals surface area contributed by atoms with Crippen molar-refractivity contribution in [3.63, 3.8) is 0 Å². The second-order valence-corrected chi connectivity index (χ2v) is 1.48. The predicted octanol–water partition coefficient (Wildman–Crippen LogP) is 1.10. The Morgan fingerprint density at radius 3 is 2.50 bits per heavy atom. The van der Waals surface area contributed by atoms with Crippen molar-refractivity contribution in [3.8, 4) is 0 Å². The van der Waals surface area contributed by atoms with Crippen LogP contribution in [0.4, 0.5) is 0 Å². The fourth-order valence-electron chi connectivity index (χ4n) is 0.461. The topological polar surface area (TPSA) is 21.3 Å². The third-order valence-electron chi connectivity index (χ3n) is 0.962. The average molecular weight is 115 g/mol. The lowest BCUT2D eigenvalue weighted by atomic mass is 10.4. The molecule has 0 aromatic heterocycles. The highest BCUT2D eigenvalue weighted by Crippen LogP contribution is 1.91. The molecule has 0 spiro atoms. The number of hydrogen-bond donors (Lipinski definition) is 1. The van der Waals surface area contributed by atoms with Crippen LogP contribution < -0.4 is 5.32 Å². The average Bonchev–Trinajstić information content (AvgIpc) is 1.83. The van der Waals surface area contributed by atoms with E-state index in [0.717, 1.165) is 12.1 Å². The van der Waals surface area contributed by atoms with Gasteiger partial charge in [0.1, 0.15) is 6.26 Å². The molecule has 8 heavy (non-hydrogen) atoms. The van der Waals surface area contributed by atoms with E-state index in [-0.39, 0.29) is 0 Å². The first kappa shape index (κ1) is 7.34. The molecule has 0 bridgehead atoms. The normalized spacial score (nSPS) is 11.1. The third kappa shape index (κ3) is 2.50. The van der Waals surface area contributed by atoms with Gasteiger partial charge in [-0.05, 0) is 6.42 Å². The highest BCUT2D eigenvalue weighted by atomic mass is 16.5. The van der Waals surface area contributed by atoms with Gasteiger partial charge in [-0.1, -0.05) is 6.92 Å². The van der Waals surface area contributed by atoms with E-state index < -0.39 is 0 Å². The molecular weight excluding hydrogens is 102 g/mol. The van der Waals surface area contributed by atoms with Crippen molar-refractivity contribution < 1.29 is 4.74 Å². The smallest absolute Gasteiger partial charge is 0.101 e. The summed E-state index contributed by atoms with van der Waals surface area (Å²) in [7, 11) is 3.53. The van der Waals surface area contributed by atoms with Gasteiger partial charge in [0.2, 0.25) is 0 Å². The molecule has 48 valence electrons. The van der Waals surface area contributed by atoms with Gasteiger partial charge in [0.05, 0.1) is 7.11 Å². The van der Waals surface area contributed by atoms with Crippen LogP contribution in [-0.2, 0) is 4.74 Å². The minimum Gasteiger partial charge on any atom is -0.503 e. The van der Waals surface area contributed by atoms with Crippen LogP contribution in [0.15, 0.2) is 12.0 Å². The first-order chi connectivity index (χ1) is 3.85. The van der Waals surface area contributed by atoms with Gasteiger partial charge in [0.25, 0.3) is 0 Å². The van der Waals surface area contributed by atoms with Gasteiger partial charge in [-0.25, -0.2) is 0 Å². The summed E-state index contributed by atoms with van der Waals surface area (Å²) in [5, 5.41) is 2.99. The first-order valence-corrected chi connectivity index (χ1v) is 2.74. The lowest BCUT2D eigenvalue weighted by molar-refractivity contribution is 0.330. The van der Waals surface area contributed by atoms with Crippen molar-refractivity contribution in [2.24, 2.45) is 0 Å². The molecule has 0 aromatic carbocycles. The first-order valence-electron chi connectivity index (χ1n) is 2.74. The monoisotopic (exact) mass is 115 g/mol. The summed E-state index contributed by atoms with van der Waals surface area (Å²) >= 11 is 0. The Bertz CT molecular complexity index is 72.6. The van der Waals surface area contributed by atoms with Crippen molar-refractivity contribution in [1.82, 2.24) is 5.32 Å². The van der Waals surface area contributed by atoms with Gasteiger partial charge in [-0.2, -0.15) is 0 Å². The Labute approximate surface area is 50.5 Å². The summed E-state index contributed by atoms with van der Waals surface area (Å²) in [5.41, 5.74) is 1.12. The molecule has 0 atom stereocenters. The van der Waals surface area contributed by atoms with E-state index in [4.69, 9.17) is 4.74 Å². The number of hydrogen-bond acceptors (Lipinski definition) is 2. The van der Waals surface area contributed by atoms with Gasteiger partial charge >= 0.3 is 0 Å². The van der Waals surface area contributed by atoms with Crippen LogP contribution in [0.3, 0.4) is 0 Å². The SMILES string of the molecule is CC/C(=C/OC)NC. The molecule has 0 heterocycles. The van der Waals surface area contributed by atoms with Crippen molar-refractivity contribution >= 4 is 0 Å². The Morgan fingerprint density at radius 1 is 1.75 bits per heavy atom. The molecule has 0 aliphatic rings. The second kappa shape index (κ2) is 4.50. The van der Waals surface area contributed by atoms with E-state index in [1.165, 1.54) is 0 Å². The zero-order valence-corrected chi connectivity index (χ0v) is 5.69. The third-order valence-corrected chi connectivity index (χ3v) is 0.962. The number of rotatable bonds is 3. The highest BCUT2D eigenvalue weighted by molar-refractivity contribution is 4.91. The Kier molecular flexibility index (Phi) is 4.13. The molecule has 0 aromatic rings. The molecule has 2 heteroatoms. The summed E-state index contributed by atoms with van der Waals surface area (Å²) in [4.78, 5) is 0. The molecule has 0 amide bonds. The summed E-state index contributed by atoms with van der Waals surface area (Å²) in [6, 6.07) is 0.